The SMILES string of the molecule is CC1=Cc2c(-c3ccc(C)cc3C)ccc(C)c2[CH]1[Zr]([Cl])([Cl])([CH]1C(C(C)C)=Cc2c(-c3cccc4ccccc34)cccc21)[SiH](C)C. The van der Waals surface area contributed by atoms with Crippen LogP contribution in [0.25, 0.3) is 45.2 Å². The molecule has 0 aromatic heterocycles. The Labute approximate surface area is 290 Å². The molecule has 5 aromatic rings. The summed E-state index contributed by atoms with van der Waals surface area (Å²) in [5.41, 5.74) is 17.2. The third-order valence-electron chi connectivity index (χ3n) is 11.3. The Bertz CT molecular complexity index is 2150. The summed E-state index contributed by atoms with van der Waals surface area (Å²) >= 11 is -4.87. The monoisotopic (exact) mass is 749 g/mol. The molecule has 0 N–H and O–H groups in total. The summed E-state index contributed by atoms with van der Waals surface area (Å²) in [6.45, 7) is 18.6. The topological polar surface area (TPSA) is 0 Å². The molecule has 5 aromatic carbocycles. The second-order valence-electron chi connectivity index (χ2n) is 14.8. The number of allylic oxidation sites excluding steroid dienone is 2. The Morgan fingerprint density at radius 2 is 1.30 bits per heavy atom. The van der Waals surface area contributed by atoms with E-state index in [4.69, 9.17) is 17.0 Å². The molecule has 47 heavy (non-hydrogen) atoms. The van der Waals surface area contributed by atoms with E-state index in [1.165, 1.54) is 83.1 Å². The Morgan fingerprint density at radius 3 is 2.02 bits per heavy atom. The average molecular weight is 752 g/mol. The number of halogens is 2. The predicted molar refractivity (Wildman–Crippen MR) is 208 cm³/mol. The molecule has 2 unspecified atom stereocenters. The number of hydrogen-bond acceptors (Lipinski definition) is 0. The van der Waals surface area contributed by atoms with Gasteiger partial charge in [-0.05, 0) is 0 Å². The van der Waals surface area contributed by atoms with Crippen molar-refractivity contribution in [1.82, 2.24) is 0 Å². The van der Waals surface area contributed by atoms with Crippen LogP contribution in [0.4, 0.5) is 0 Å². The van der Waals surface area contributed by atoms with Gasteiger partial charge in [-0.3, -0.25) is 0 Å². The van der Waals surface area contributed by atoms with Crippen LogP contribution in [-0.2, 0) is 15.6 Å². The fourth-order valence-corrected chi connectivity index (χ4v) is 41.2. The molecule has 4 heteroatoms. The first-order valence-corrected chi connectivity index (χ1v) is 33.4. The summed E-state index contributed by atoms with van der Waals surface area (Å²) in [6.07, 6.45) is 4.93. The number of rotatable bonds is 6. The molecular formula is C43H45Cl2SiZr. The first kappa shape index (κ1) is 33.0. The fraction of sp³-hybridized carbons (Fsp3) is 0.256. The van der Waals surface area contributed by atoms with Gasteiger partial charge >= 0.3 is 293 Å². The van der Waals surface area contributed by atoms with E-state index in [0.717, 1.165) is 0 Å². The van der Waals surface area contributed by atoms with Crippen molar-refractivity contribution in [2.24, 2.45) is 5.92 Å². The van der Waals surface area contributed by atoms with Crippen molar-refractivity contribution in [3.63, 3.8) is 0 Å². The van der Waals surface area contributed by atoms with Crippen LogP contribution in [0.5, 0.6) is 0 Å². The van der Waals surface area contributed by atoms with Crippen molar-refractivity contribution in [2.75, 3.05) is 0 Å². The Morgan fingerprint density at radius 1 is 0.638 bits per heavy atom. The van der Waals surface area contributed by atoms with E-state index < -0.39 is 21.5 Å². The Kier molecular flexibility index (Phi) is 8.32. The van der Waals surface area contributed by atoms with Gasteiger partial charge in [-0.1, -0.05) is 0 Å². The first-order valence-electron chi connectivity index (χ1n) is 17.1. The van der Waals surface area contributed by atoms with E-state index in [9.17, 15) is 0 Å². The van der Waals surface area contributed by atoms with Crippen molar-refractivity contribution in [2.45, 2.75) is 61.9 Å². The molecule has 0 spiro atoms. The summed E-state index contributed by atoms with van der Waals surface area (Å²) in [5.74, 6) is -1.32. The summed E-state index contributed by atoms with van der Waals surface area (Å²) in [4.78, 5) is 0. The van der Waals surface area contributed by atoms with Gasteiger partial charge in [0.1, 0.15) is 0 Å². The molecule has 239 valence electrons. The van der Waals surface area contributed by atoms with E-state index in [1.807, 2.05) is 0 Å². The number of fused-ring (bicyclic) bond motifs is 3. The molecule has 0 nitrogen and oxygen atoms in total. The predicted octanol–water partition coefficient (Wildman–Crippen LogP) is 13.3. The fourth-order valence-electron chi connectivity index (χ4n) is 8.95. The minimum absolute atomic E-state index is 0.0693. The zero-order chi connectivity index (χ0) is 33.4. The van der Waals surface area contributed by atoms with Gasteiger partial charge in [0.05, 0.1) is 0 Å². The molecule has 0 fully saturated rings. The average Bonchev–Trinajstić information content (AvgIpc) is 3.62. The molecule has 0 aliphatic heterocycles. The van der Waals surface area contributed by atoms with Crippen LogP contribution in [0.15, 0.2) is 102 Å². The zero-order valence-electron chi connectivity index (χ0n) is 28.9. The third-order valence-corrected chi connectivity index (χ3v) is 63.3. The van der Waals surface area contributed by atoms with Crippen molar-refractivity contribution >= 4 is 45.9 Å². The Hall–Kier alpha value is -2.48. The molecule has 2 aliphatic carbocycles. The molecule has 2 atom stereocenters. The van der Waals surface area contributed by atoms with Gasteiger partial charge in [-0.2, -0.15) is 0 Å². The maximum absolute atomic E-state index is 8.70. The quantitative estimate of drug-likeness (QED) is 0.152. The maximum atomic E-state index is 8.70. The van der Waals surface area contributed by atoms with E-state index in [1.54, 1.807) is 0 Å². The van der Waals surface area contributed by atoms with Gasteiger partial charge < -0.3 is 0 Å². The van der Waals surface area contributed by atoms with Crippen LogP contribution >= 0.6 is 17.0 Å². The van der Waals surface area contributed by atoms with Gasteiger partial charge in [-0.15, -0.1) is 0 Å². The standard InChI is InChI=1S/C22H19.C19H19.C2H7Si.2ClH.Zr/c1-15(2)18-13-17-9-6-12-21(22(17)14-18)20-11-5-8-16-7-3-4-10-19(16)20;1-12-5-7-16(15(4)9-12)17-8-6-14(3)18-10-13(2)11-19(17)18;1-3-2;;;/h3-15H,1-2H3;5-11H,1-4H3;3H,1-2H3;2*1H;/q;;;;;+2/p-2. The Balaban J connectivity index is 1.48. The number of aryl methyl sites for hydroxylation is 3. The minimum atomic E-state index is -4.87. The van der Waals surface area contributed by atoms with Gasteiger partial charge in [0.15, 0.2) is 0 Å². The third kappa shape index (κ3) is 5.00. The summed E-state index contributed by atoms with van der Waals surface area (Å²) in [7, 11) is 17.4. The van der Waals surface area contributed by atoms with Gasteiger partial charge in [0, 0.05) is 0 Å². The van der Waals surface area contributed by atoms with Crippen molar-refractivity contribution in [1.29, 1.82) is 0 Å². The molecule has 0 heterocycles. The molecule has 0 radical (unpaired) electrons. The molecule has 7 rings (SSSR count). The molecular weight excluding hydrogens is 707 g/mol. The normalized spacial score (nSPS) is 18.3. The van der Waals surface area contributed by atoms with Crippen molar-refractivity contribution in [3.8, 4) is 22.3 Å². The summed E-state index contributed by atoms with van der Waals surface area (Å²) in [5, 5.41) is 2.54. The molecule has 0 saturated heterocycles. The van der Waals surface area contributed by atoms with E-state index >= 15 is 0 Å². The molecule has 0 bridgehead atoms. The second-order valence-corrected chi connectivity index (χ2v) is 57.4. The number of benzene rings is 5. The van der Waals surface area contributed by atoms with Crippen molar-refractivity contribution < 1.29 is 15.6 Å². The molecule has 0 saturated carbocycles. The molecule has 2 aliphatic rings. The second kappa shape index (κ2) is 11.8. The molecule has 0 amide bonds. The zero-order valence-corrected chi connectivity index (χ0v) is 34.0. The van der Waals surface area contributed by atoms with E-state index in [2.05, 4.69) is 158 Å². The van der Waals surface area contributed by atoms with Crippen LogP contribution in [0.2, 0.25) is 13.1 Å². The van der Waals surface area contributed by atoms with Crippen LogP contribution in [0.1, 0.15) is 67.0 Å². The first-order chi connectivity index (χ1) is 22.3. The summed E-state index contributed by atoms with van der Waals surface area (Å²) in [6, 6.07) is 33.7. The van der Waals surface area contributed by atoms with Crippen LogP contribution in [-0.4, -0.2) is 5.92 Å². The van der Waals surface area contributed by atoms with Gasteiger partial charge in [-0.25, -0.2) is 0 Å². The van der Waals surface area contributed by atoms with E-state index in [-0.39, 0.29) is 7.25 Å². The van der Waals surface area contributed by atoms with Gasteiger partial charge in [0.25, 0.3) is 0 Å². The van der Waals surface area contributed by atoms with Crippen LogP contribution in [0, 0.1) is 26.7 Å². The van der Waals surface area contributed by atoms with Gasteiger partial charge in [0.2, 0.25) is 0 Å². The van der Waals surface area contributed by atoms with E-state index in [0.29, 0.717) is 5.92 Å². The summed E-state index contributed by atoms with van der Waals surface area (Å²) < 4.78 is 0.145. The van der Waals surface area contributed by atoms with Crippen molar-refractivity contribution in [3.05, 3.63) is 141 Å². The van der Waals surface area contributed by atoms with Crippen LogP contribution < -0.4 is 0 Å². The number of hydrogen-bond donors (Lipinski definition) is 0. The van der Waals surface area contributed by atoms with Crippen LogP contribution in [0.3, 0.4) is 0 Å².